The number of para-hydroxylation sites is 1. The molecule has 1 aliphatic carbocycles. The summed E-state index contributed by atoms with van der Waals surface area (Å²) in [5.74, 6) is 1.76. The van der Waals surface area contributed by atoms with Gasteiger partial charge in [0.2, 0.25) is 0 Å². The van der Waals surface area contributed by atoms with Gasteiger partial charge in [0.15, 0.2) is 0 Å². The van der Waals surface area contributed by atoms with Gasteiger partial charge in [-0.2, -0.15) is 4.91 Å². The molecule has 0 radical (unpaired) electrons. The zero-order chi connectivity index (χ0) is 42.1. The lowest BCUT2D eigenvalue weighted by Crippen LogP contribution is -2.47. The highest BCUT2D eigenvalue weighted by Gasteiger charge is 2.34. The molecule has 1 amide bonds. The average molecular weight is 767 g/mol. The SMILES string of the molecule is CC.CC/C=C(\N)C(C(CN=O)C(CCC)CNC)N(C)Cc1cccc(-c2cc(C(=O)NC)cc(N(C)C)c2)c1OC.CC1CCCC(C)(C)C1.CC=O. The number of anilines is 1. The molecule has 4 unspecified atom stereocenters. The maximum Gasteiger partial charge on any atom is 0.251 e. The van der Waals surface area contributed by atoms with Crippen LogP contribution < -0.4 is 26.0 Å². The van der Waals surface area contributed by atoms with Crippen LogP contribution in [0.1, 0.15) is 116 Å². The topological polar surface area (TPSA) is 129 Å². The molecule has 3 rings (SSSR count). The van der Waals surface area contributed by atoms with Crippen LogP contribution in [0.5, 0.6) is 5.75 Å². The van der Waals surface area contributed by atoms with Crippen molar-refractivity contribution in [1.82, 2.24) is 15.5 Å². The Labute approximate surface area is 335 Å². The summed E-state index contributed by atoms with van der Waals surface area (Å²) in [4.78, 5) is 37.2. The summed E-state index contributed by atoms with van der Waals surface area (Å²) in [5.41, 5.74) is 12.4. The van der Waals surface area contributed by atoms with Gasteiger partial charge < -0.3 is 30.8 Å². The van der Waals surface area contributed by atoms with E-state index in [1.807, 2.05) is 77.3 Å². The Morgan fingerprint density at radius 2 is 1.78 bits per heavy atom. The third-order valence-electron chi connectivity index (χ3n) is 10.1. The Hall–Kier alpha value is -3.76. The second-order valence-electron chi connectivity index (χ2n) is 15.4. The fourth-order valence-corrected chi connectivity index (χ4v) is 7.80. The predicted molar refractivity (Wildman–Crippen MR) is 235 cm³/mol. The first kappa shape index (κ1) is 51.2. The summed E-state index contributed by atoms with van der Waals surface area (Å²) in [6, 6.07) is 11.7. The number of rotatable bonds is 17. The van der Waals surface area contributed by atoms with Gasteiger partial charge in [0, 0.05) is 61.7 Å². The Kier molecular flexibility index (Phi) is 25.9. The summed E-state index contributed by atoms with van der Waals surface area (Å²) in [6.45, 7) is 18.4. The summed E-state index contributed by atoms with van der Waals surface area (Å²) in [7, 11) is 11.2. The number of likely N-dealkylation sites (N-methyl/N-ethyl adjacent to an activating group) is 1. The minimum Gasteiger partial charge on any atom is -0.496 e. The summed E-state index contributed by atoms with van der Waals surface area (Å²) in [5, 5.41) is 9.40. The van der Waals surface area contributed by atoms with Crippen molar-refractivity contribution < 1.29 is 14.3 Å². The van der Waals surface area contributed by atoms with Gasteiger partial charge in [0.1, 0.15) is 12.0 Å². The van der Waals surface area contributed by atoms with E-state index in [9.17, 15) is 9.70 Å². The molecular weight excluding hydrogens is 689 g/mol. The highest BCUT2D eigenvalue weighted by molar-refractivity contribution is 5.97. The number of hydrogen-bond donors (Lipinski definition) is 3. The third kappa shape index (κ3) is 17.3. The monoisotopic (exact) mass is 767 g/mol. The number of allylic oxidation sites excluding steroid dienone is 1. The molecule has 1 fully saturated rings. The van der Waals surface area contributed by atoms with E-state index in [1.165, 1.54) is 32.6 Å². The number of hydrogen-bond acceptors (Lipinski definition) is 9. The van der Waals surface area contributed by atoms with Gasteiger partial charge in [-0.15, -0.1) is 0 Å². The minimum absolute atomic E-state index is 0.0474. The number of benzene rings is 2. The van der Waals surface area contributed by atoms with E-state index in [-0.39, 0.29) is 30.3 Å². The number of aldehydes is 1. The summed E-state index contributed by atoms with van der Waals surface area (Å²) >= 11 is 0. The molecule has 55 heavy (non-hydrogen) atoms. The minimum atomic E-state index is -0.178. The molecular formula is C45H78N6O4. The van der Waals surface area contributed by atoms with Crippen molar-refractivity contribution in [2.24, 2.45) is 34.1 Å². The van der Waals surface area contributed by atoms with Gasteiger partial charge in [-0.3, -0.25) is 9.69 Å². The molecule has 4 atom stereocenters. The number of nitroso groups, excluding NO2 is 1. The number of carbonyl (C=O) groups excluding carboxylic acids is 2. The van der Waals surface area contributed by atoms with Crippen LogP contribution in [-0.2, 0) is 11.3 Å². The second-order valence-corrected chi connectivity index (χ2v) is 15.4. The van der Waals surface area contributed by atoms with Crippen LogP contribution in [0.3, 0.4) is 0 Å². The second kappa shape index (κ2) is 27.8. The molecule has 10 nitrogen and oxygen atoms in total. The van der Waals surface area contributed by atoms with Gasteiger partial charge in [0.25, 0.3) is 5.91 Å². The fraction of sp³-hybridized carbons (Fsp3) is 0.644. The highest BCUT2D eigenvalue weighted by Crippen LogP contribution is 2.39. The van der Waals surface area contributed by atoms with Crippen LogP contribution in [0, 0.1) is 28.1 Å². The number of methoxy groups -OCH3 is 1. The summed E-state index contributed by atoms with van der Waals surface area (Å²) in [6.07, 6.45) is 11.4. The van der Waals surface area contributed by atoms with Crippen molar-refractivity contribution in [3.05, 3.63) is 64.2 Å². The maximum absolute atomic E-state index is 12.6. The van der Waals surface area contributed by atoms with Gasteiger partial charge in [-0.25, -0.2) is 0 Å². The Bertz CT molecular complexity index is 1420. The molecule has 4 N–H and O–H groups in total. The molecule has 2 aromatic carbocycles. The third-order valence-corrected chi connectivity index (χ3v) is 10.1. The first-order chi connectivity index (χ1) is 26.2. The molecule has 0 aromatic heterocycles. The van der Waals surface area contributed by atoms with E-state index in [0.717, 1.165) is 71.8 Å². The van der Waals surface area contributed by atoms with Gasteiger partial charge in [-0.05, 0) is 94.3 Å². The van der Waals surface area contributed by atoms with Crippen molar-refractivity contribution in [2.75, 3.05) is 60.3 Å². The van der Waals surface area contributed by atoms with E-state index < -0.39 is 0 Å². The van der Waals surface area contributed by atoms with Crippen molar-refractivity contribution >= 4 is 17.9 Å². The fourth-order valence-electron chi connectivity index (χ4n) is 7.80. The lowest BCUT2D eigenvalue weighted by atomic mass is 9.73. The number of nitrogens with two attached hydrogens (primary N) is 1. The zero-order valence-electron chi connectivity index (χ0n) is 37.1. The molecule has 0 bridgehead atoms. The lowest BCUT2D eigenvalue weighted by Gasteiger charge is -2.38. The van der Waals surface area contributed by atoms with Crippen LogP contribution in [0.25, 0.3) is 11.1 Å². The van der Waals surface area contributed by atoms with Gasteiger partial charge in [0.05, 0.1) is 19.7 Å². The molecule has 0 spiro atoms. The van der Waals surface area contributed by atoms with E-state index >= 15 is 0 Å². The van der Waals surface area contributed by atoms with Crippen LogP contribution in [0.2, 0.25) is 0 Å². The first-order valence-electron chi connectivity index (χ1n) is 20.4. The van der Waals surface area contributed by atoms with Crippen LogP contribution >= 0.6 is 0 Å². The number of nitrogens with one attached hydrogen (secondary N) is 2. The van der Waals surface area contributed by atoms with E-state index in [2.05, 4.69) is 67.5 Å². The van der Waals surface area contributed by atoms with Crippen molar-refractivity contribution in [1.29, 1.82) is 0 Å². The average Bonchev–Trinajstić information content (AvgIpc) is 3.15. The Morgan fingerprint density at radius 1 is 1.13 bits per heavy atom. The lowest BCUT2D eigenvalue weighted by molar-refractivity contribution is -0.106. The predicted octanol–water partition coefficient (Wildman–Crippen LogP) is 9.31. The number of carbonyl (C=O) groups is 2. The molecule has 2 aromatic rings. The standard InChI is InChI=1S/C32H50N6O3.C9H18.C2H4O.C2H6/c1-9-12-22(19-34-3)28(20-36-40)30(29(33)13-10-2)38(7)21-23-14-11-15-27(31(23)41-8)24-16-25(32(39)35-4)18-26(17-24)37(5)6;1-8-5-4-6-9(2,3)7-8;1-2-3;1-2/h11,13-18,22,28,30,34H,9-10,12,19-21,33H2,1-8H3,(H,35,39);8H,4-7H2,1-3H3;2H,1H3;1-2H3/b29-13-;;;. The van der Waals surface area contributed by atoms with Crippen molar-refractivity contribution in [3.63, 3.8) is 0 Å². The van der Waals surface area contributed by atoms with E-state index in [1.54, 1.807) is 14.2 Å². The Balaban J connectivity index is 0.00000176. The van der Waals surface area contributed by atoms with Gasteiger partial charge >= 0.3 is 0 Å². The molecule has 312 valence electrons. The summed E-state index contributed by atoms with van der Waals surface area (Å²) < 4.78 is 6.01. The molecule has 10 heteroatoms. The van der Waals surface area contributed by atoms with E-state index in [0.29, 0.717) is 17.5 Å². The molecule has 0 aliphatic heterocycles. The number of amides is 1. The van der Waals surface area contributed by atoms with Gasteiger partial charge in [-0.1, -0.05) is 97.2 Å². The molecule has 0 heterocycles. The van der Waals surface area contributed by atoms with E-state index in [4.69, 9.17) is 15.3 Å². The molecule has 1 aliphatic rings. The number of ether oxygens (including phenoxy) is 1. The normalized spacial score (nSPS) is 16.3. The first-order valence-corrected chi connectivity index (χ1v) is 20.4. The van der Waals surface area contributed by atoms with Crippen LogP contribution in [0.15, 0.2) is 53.3 Å². The molecule has 0 saturated heterocycles. The largest absolute Gasteiger partial charge is 0.496 e. The number of nitrogens with zero attached hydrogens (tertiary/aromatic N) is 3. The smallest absolute Gasteiger partial charge is 0.251 e. The van der Waals surface area contributed by atoms with Crippen molar-refractivity contribution in [2.45, 2.75) is 113 Å². The van der Waals surface area contributed by atoms with Crippen LogP contribution in [-0.4, -0.2) is 78.6 Å². The highest BCUT2D eigenvalue weighted by atomic mass is 16.5. The van der Waals surface area contributed by atoms with Crippen LogP contribution in [0.4, 0.5) is 5.69 Å². The Morgan fingerprint density at radius 3 is 2.25 bits per heavy atom. The maximum atomic E-state index is 12.6. The zero-order valence-corrected chi connectivity index (χ0v) is 37.1. The quantitative estimate of drug-likeness (QED) is 0.107. The van der Waals surface area contributed by atoms with Crippen molar-refractivity contribution in [3.8, 4) is 16.9 Å². The molecule has 1 saturated carbocycles.